The Morgan fingerprint density at radius 3 is 2.64 bits per heavy atom. The topological polar surface area (TPSA) is 50.4 Å². The Bertz CT molecular complexity index is 140. The third kappa shape index (κ3) is 9.48. The number of hydrogen-bond donors (Lipinski definition) is 2. The van der Waals surface area contributed by atoms with Crippen molar-refractivity contribution in [1.29, 1.82) is 0 Å². The molecule has 0 aliphatic rings. The van der Waals surface area contributed by atoms with Gasteiger partial charge in [-0.3, -0.25) is 4.79 Å². The van der Waals surface area contributed by atoms with Crippen molar-refractivity contribution in [2.24, 2.45) is 0 Å². The van der Waals surface area contributed by atoms with Gasteiger partial charge < -0.3 is 15.4 Å². The Kier molecular flexibility index (Phi) is 10.0. The van der Waals surface area contributed by atoms with Crippen molar-refractivity contribution < 1.29 is 9.53 Å². The van der Waals surface area contributed by atoms with Gasteiger partial charge in [0, 0.05) is 19.8 Å². The van der Waals surface area contributed by atoms with Crippen molar-refractivity contribution >= 4 is 5.91 Å². The second kappa shape index (κ2) is 10.5. The molecule has 0 aromatic carbocycles. The van der Waals surface area contributed by atoms with Gasteiger partial charge in [-0.05, 0) is 19.9 Å². The van der Waals surface area contributed by atoms with Crippen LogP contribution in [0.3, 0.4) is 0 Å². The maximum atomic E-state index is 11.0. The van der Waals surface area contributed by atoms with Crippen LogP contribution < -0.4 is 10.6 Å². The minimum absolute atomic E-state index is 0.0426. The third-order valence-corrected chi connectivity index (χ3v) is 1.77. The number of amides is 1. The first-order chi connectivity index (χ1) is 6.81. The van der Waals surface area contributed by atoms with Crippen LogP contribution in [0, 0.1) is 0 Å². The van der Waals surface area contributed by atoms with Crippen LogP contribution in [0.4, 0.5) is 0 Å². The molecule has 1 amide bonds. The molecule has 84 valence electrons. The van der Waals surface area contributed by atoms with Gasteiger partial charge >= 0.3 is 0 Å². The highest BCUT2D eigenvalue weighted by Gasteiger charge is 1.96. The van der Waals surface area contributed by atoms with Gasteiger partial charge in [-0.25, -0.2) is 0 Å². The summed E-state index contributed by atoms with van der Waals surface area (Å²) >= 11 is 0. The van der Waals surface area contributed by atoms with E-state index in [1.165, 1.54) is 6.42 Å². The Hall–Kier alpha value is -0.610. The smallest absolute Gasteiger partial charge is 0.233 e. The zero-order valence-corrected chi connectivity index (χ0v) is 9.27. The molecule has 0 atom stereocenters. The summed E-state index contributed by atoms with van der Waals surface area (Å²) in [6, 6.07) is 0. The Morgan fingerprint density at radius 1 is 1.29 bits per heavy atom. The van der Waals surface area contributed by atoms with Gasteiger partial charge in [-0.1, -0.05) is 13.3 Å². The van der Waals surface area contributed by atoms with Crippen LogP contribution in [0.1, 0.15) is 26.2 Å². The standard InChI is InChI=1S/C10H22N2O2/c1-3-4-7-14-8-5-6-12-10(13)9-11-2/h11H,3-9H2,1-2H3,(H,12,13). The van der Waals surface area contributed by atoms with E-state index < -0.39 is 0 Å². The molecule has 0 unspecified atom stereocenters. The number of rotatable bonds is 9. The predicted octanol–water partition coefficient (Wildman–Crippen LogP) is 0.529. The largest absolute Gasteiger partial charge is 0.381 e. The molecule has 0 radical (unpaired) electrons. The van der Waals surface area contributed by atoms with Crippen molar-refractivity contribution in [3.05, 3.63) is 0 Å². The SMILES string of the molecule is CCCCOCCCNC(=O)CNC. The summed E-state index contributed by atoms with van der Waals surface area (Å²) < 4.78 is 5.35. The summed E-state index contributed by atoms with van der Waals surface area (Å²) in [5, 5.41) is 5.59. The molecule has 0 saturated carbocycles. The second-order valence-corrected chi connectivity index (χ2v) is 3.20. The van der Waals surface area contributed by atoms with Gasteiger partial charge in [-0.2, -0.15) is 0 Å². The average molecular weight is 202 g/mol. The van der Waals surface area contributed by atoms with Crippen molar-refractivity contribution in [3.63, 3.8) is 0 Å². The molecular formula is C10H22N2O2. The number of unbranched alkanes of at least 4 members (excludes halogenated alkanes) is 1. The van der Waals surface area contributed by atoms with Crippen molar-refractivity contribution in [2.75, 3.05) is 33.4 Å². The highest BCUT2D eigenvalue weighted by atomic mass is 16.5. The number of hydrogen-bond acceptors (Lipinski definition) is 3. The molecule has 2 N–H and O–H groups in total. The summed E-state index contributed by atoms with van der Waals surface area (Å²) in [5.74, 6) is 0.0426. The molecule has 0 fully saturated rings. The predicted molar refractivity (Wildman–Crippen MR) is 57.3 cm³/mol. The average Bonchev–Trinajstić information content (AvgIpc) is 2.17. The Balaban J connectivity index is 3.01. The van der Waals surface area contributed by atoms with Crippen LogP contribution in [0.25, 0.3) is 0 Å². The highest BCUT2D eigenvalue weighted by molar-refractivity contribution is 5.77. The number of carbonyl (C=O) groups is 1. The zero-order chi connectivity index (χ0) is 10.6. The van der Waals surface area contributed by atoms with E-state index in [0.717, 1.165) is 26.1 Å². The van der Waals surface area contributed by atoms with Gasteiger partial charge in [0.05, 0.1) is 6.54 Å². The Morgan fingerprint density at radius 2 is 2.00 bits per heavy atom. The van der Waals surface area contributed by atoms with E-state index in [1.54, 1.807) is 7.05 Å². The van der Waals surface area contributed by atoms with Crippen molar-refractivity contribution in [3.8, 4) is 0 Å². The minimum Gasteiger partial charge on any atom is -0.381 e. The zero-order valence-electron chi connectivity index (χ0n) is 9.27. The van der Waals surface area contributed by atoms with Gasteiger partial charge in [-0.15, -0.1) is 0 Å². The van der Waals surface area contributed by atoms with E-state index in [9.17, 15) is 4.79 Å². The van der Waals surface area contributed by atoms with Crippen molar-refractivity contribution in [1.82, 2.24) is 10.6 Å². The third-order valence-electron chi connectivity index (χ3n) is 1.77. The minimum atomic E-state index is 0.0426. The van der Waals surface area contributed by atoms with Crippen molar-refractivity contribution in [2.45, 2.75) is 26.2 Å². The fourth-order valence-electron chi connectivity index (χ4n) is 0.974. The van der Waals surface area contributed by atoms with Gasteiger partial charge in [0.15, 0.2) is 0 Å². The van der Waals surface area contributed by atoms with E-state index in [4.69, 9.17) is 4.74 Å². The van der Waals surface area contributed by atoms with Crippen LogP contribution in [-0.4, -0.2) is 39.3 Å². The molecular weight excluding hydrogens is 180 g/mol. The van der Waals surface area contributed by atoms with E-state index in [0.29, 0.717) is 13.1 Å². The van der Waals surface area contributed by atoms with Crippen LogP contribution >= 0.6 is 0 Å². The molecule has 0 aromatic rings. The lowest BCUT2D eigenvalue weighted by molar-refractivity contribution is -0.120. The molecule has 4 nitrogen and oxygen atoms in total. The summed E-state index contributed by atoms with van der Waals surface area (Å²) in [7, 11) is 1.76. The molecule has 14 heavy (non-hydrogen) atoms. The van der Waals surface area contributed by atoms with E-state index in [1.807, 2.05) is 0 Å². The summed E-state index contributed by atoms with van der Waals surface area (Å²) in [5.41, 5.74) is 0. The molecule has 0 aromatic heterocycles. The first-order valence-electron chi connectivity index (χ1n) is 5.30. The molecule has 4 heteroatoms. The molecule has 0 aliphatic heterocycles. The molecule has 0 spiro atoms. The van der Waals surface area contributed by atoms with Gasteiger partial charge in [0.2, 0.25) is 5.91 Å². The fraction of sp³-hybridized carbons (Fsp3) is 0.900. The summed E-state index contributed by atoms with van der Waals surface area (Å²) in [6.07, 6.45) is 3.17. The number of carbonyl (C=O) groups excluding carboxylic acids is 1. The maximum absolute atomic E-state index is 11.0. The van der Waals surface area contributed by atoms with Crippen LogP contribution in [0.2, 0.25) is 0 Å². The summed E-state index contributed by atoms with van der Waals surface area (Å²) in [4.78, 5) is 11.0. The lowest BCUT2D eigenvalue weighted by Gasteiger charge is -2.05. The van der Waals surface area contributed by atoms with E-state index in [2.05, 4.69) is 17.6 Å². The highest BCUT2D eigenvalue weighted by Crippen LogP contribution is 1.88. The number of nitrogens with one attached hydrogen (secondary N) is 2. The maximum Gasteiger partial charge on any atom is 0.233 e. The van der Waals surface area contributed by atoms with Gasteiger partial charge in [0.25, 0.3) is 0 Å². The molecule has 0 bridgehead atoms. The molecule has 0 aliphatic carbocycles. The van der Waals surface area contributed by atoms with Crippen LogP contribution in [0.5, 0.6) is 0 Å². The van der Waals surface area contributed by atoms with E-state index >= 15 is 0 Å². The van der Waals surface area contributed by atoms with Gasteiger partial charge in [0.1, 0.15) is 0 Å². The number of likely N-dealkylation sites (N-methyl/N-ethyl adjacent to an activating group) is 1. The first-order valence-corrected chi connectivity index (χ1v) is 5.30. The Labute approximate surface area is 86.4 Å². The normalized spacial score (nSPS) is 10.1. The van der Waals surface area contributed by atoms with E-state index in [-0.39, 0.29) is 5.91 Å². The number of ether oxygens (including phenoxy) is 1. The summed E-state index contributed by atoms with van der Waals surface area (Å²) in [6.45, 7) is 4.80. The molecule has 0 saturated heterocycles. The first kappa shape index (κ1) is 13.4. The lowest BCUT2D eigenvalue weighted by atomic mass is 10.3. The quantitative estimate of drug-likeness (QED) is 0.536. The molecule has 0 rings (SSSR count). The van der Waals surface area contributed by atoms with Crippen LogP contribution in [0.15, 0.2) is 0 Å². The lowest BCUT2D eigenvalue weighted by Crippen LogP contribution is -2.33. The molecule has 0 heterocycles. The van der Waals surface area contributed by atoms with Crippen LogP contribution in [-0.2, 0) is 9.53 Å². The monoisotopic (exact) mass is 202 g/mol. The fourth-order valence-corrected chi connectivity index (χ4v) is 0.974. The second-order valence-electron chi connectivity index (χ2n) is 3.20.